The minimum Gasteiger partial charge on any atom is -0.493 e. The maximum atomic E-state index is 12.6. The summed E-state index contributed by atoms with van der Waals surface area (Å²) in [6.07, 6.45) is 0. The van der Waals surface area contributed by atoms with Crippen LogP contribution in [0.4, 0.5) is 0 Å². The van der Waals surface area contributed by atoms with Crippen molar-refractivity contribution in [1.82, 2.24) is 5.32 Å². The van der Waals surface area contributed by atoms with Crippen molar-refractivity contribution in [3.05, 3.63) is 71.8 Å². The standard InChI is InChI=1S/C24H27NO4/c1-4-28-22-13-12-19(24(26)25-17(2)15-27-3)14-20(22)16-29-23-11-7-9-18-8-5-6-10-21(18)23/h5-14,17H,4,15-16H2,1-3H3,(H,25,26)/t17-/m0/s1. The van der Waals surface area contributed by atoms with Gasteiger partial charge in [-0.1, -0.05) is 36.4 Å². The lowest BCUT2D eigenvalue weighted by Gasteiger charge is -2.16. The highest BCUT2D eigenvalue weighted by Gasteiger charge is 2.14. The molecule has 0 saturated carbocycles. The monoisotopic (exact) mass is 393 g/mol. The van der Waals surface area contributed by atoms with Gasteiger partial charge < -0.3 is 19.5 Å². The van der Waals surface area contributed by atoms with Crippen LogP contribution in [-0.4, -0.2) is 32.3 Å². The SMILES string of the molecule is CCOc1ccc(C(=O)N[C@@H](C)COC)cc1COc1cccc2ccccc12. The molecule has 0 radical (unpaired) electrons. The molecule has 0 aliphatic rings. The Morgan fingerprint density at radius 2 is 1.79 bits per heavy atom. The van der Waals surface area contributed by atoms with E-state index in [1.54, 1.807) is 13.2 Å². The van der Waals surface area contributed by atoms with Gasteiger partial charge in [0.1, 0.15) is 18.1 Å². The molecule has 1 amide bonds. The van der Waals surface area contributed by atoms with Crippen LogP contribution in [0.2, 0.25) is 0 Å². The quantitative estimate of drug-likeness (QED) is 0.578. The molecule has 0 spiro atoms. The first-order valence-electron chi connectivity index (χ1n) is 9.78. The van der Waals surface area contributed by atoms with Gasteiger partial charge in [0, 0.05) is 29.7 Å². The Balaban J connectivity index is 1.81. The van der Waals surface area contributed by atoms with Gasteiger partial charge in [-0.15, -0.1) is 0 Å². The van der Waals surface area contributed by atoms with E-state index in [1.807, 2.05) is 56.3 Å². The summed E-state index contributed by atoms with van der Waals surface area (Å²) in [4.78, 5) is 12.6. The van der Waals surface area contributed by atoms with Gasteiger partial charge in [-0.05, 0) is 43.5 Å². The summed E-state index contributed by atoms with van der Waals surface area (Å²) in [6, 6.07) is 19.4. The van der Waals surface area contributed by atoms with Crippen molar-refractivity contribution in [3.63, 3.8) is 0 Å². The molecule has 5 heteroatoms. The third kappa shape index (κ3) is 5.27. The van der Waals surface area contributed by atoms with Crippen LogP contribution in [0.25, 0.3) is 10.8 Å². The lowest BCUT2D eigenvalue weighted by atomic mass is 10.1. The van der Waals surface area contributed by atoms with Crippen molar-refractivity contribution >= 4 is 16.7 Å². The van der Waals surface area contributed by atoms with Crippen LogP contribution >= 0.6 is 0 Å². The van der Waals surface area contributed by atoms with Gasteiger partial charge in [0.2, 0.25) is 0 Å². The van der Waals surface area contributed by atoms with E-state index in [9.17, 15) is 4.79 Å². The van der Waals surface area contributed by atoms with E-state index in [4.69, 9.17) is 14.2 Å². The topological polar surface area (TPSA) is 56.8 Å². The summed E-state index contributed by atoms with van der Waals surface area (Å²) in [7, 11) is 1.61. The summed E-state index contributed by atoms with van der Waals surface area (Å²) in [5.41, 5.74) is 1.39. The van der Waals surface area contributed by atoms with Gasteiger partial charge in [-0.2, -0.15) is 0 Å². The number of hydrogen-bond acceptors (Lipinski definition) is 4. The smallest absolute Gasteiger partial charge is 0.251 e. The molecule has 0 saturated heterocycles. The van der Waals surface area contributed by atoms with Crippen LogP contribution in [-0.2, 0) is 11.3 Å². The van der Waals surface area contributed by atoms with Gasteiger partial charge in [0.15, 0.2) is 0 Å². The van der Waals surface area contributed by atoms with Crippen LogP contribution in [0.3, 0.4) is 0 Å². The fourth-order valence-electron chi connectivity index (χ4n) is 3.21. The molecular weight excluding hydrogens is 366 g/mol. The third-order valence-electron chi connectivity index (χ3n) is 4.55. The number of carbonyl (C=O) groups is 1. The zero-order valence-corrected chi connectivity index (χ0v) is 17.1. The fraction of sp³-hybridized carbons (Fsp3) is 0.292. The Kier molecular flexibility index (Phi) is 7.09. The molecule has 29 heavy (non-hydrogen) atoms. The molecule has 5 nitrogen and oxygen atoms in total. The number of fused-ring (bicyclic) bond motifs is 1. The Bertz CT molecular complexity index is 965. The van der Waals surface area contributed by atoms with Gasteiger partial charge in [-0.3, -0.25) is 4.79 Å². The van der Waals surface area contributed by atoms with Crippen LogP contribution < -0.4 is 14.8 Å². The molecule has 0 aliphatic carbocycles. The molecule has 3 aromatic carbocycles. The van der Waals surface area contributed by atoms with E-state index < -0.39 is 0 Å². The number of hydrogen-bond donors (Lipinski definition) is 1. The van der Waals surface area contributed by atoms with Gasteiger partial charge in [0.25, 0.3) is 5.91 Å². The second-order valence-corrected chi connectivity index (χ2v) is 6.85. The van der Waals surface area contributed by atoms with E-state index in [0.29, 0.717) is 31.1 Å². The normalized spacial score (nSPS) is 11.8. The number of ether oxygens (including phenoxy) is 3. The summed E-state index contributed by atoms with van der Waals surface area (Å²) in [5, 5.41) is 5.10. The maximum Gasteiger partial charge on any atom is 0.251 e. The molecule has 3 aromatic rings. The highest BCUT2D eigenvalue weighted by atomic mass is 16.5. The summed E-state index contributed by atoms with van der Waals surface area (Å²) in [6.45, 7) is 5.14. The van der Waals surface area contributed by atoms with Crippen LogP contribution in [0.1, 0.15) is 29.8 Å². The van der Waals surface area contributed by atoms with Gasteiger partial charge >= 0.3 is 0 Å². The molecule has 0 unspecified atom stereocenters. The Morgan fingerprint density at radius 3 is 2.59 bits per heavy atom. The zero-order valence-electron chi connectivity index (χ0n) is 17.1. The predicted molar refractivity (Wildman–Crippen MR) is 115 cm³/mol. The van der Waals surface area contributed by atoms with E-state index in [2.05, 4.69) is 17.4 Å². The second kappa shape index (κ2) is 9.94. The van der Waals surface area contributed by atoms with E-state index in [0.717, 1.165) is 22.1 Å². The molecule has 1 atom stereocenters. The van der Waals surface area contributed by atoms with E-state index >= 15 is 0 Å². The van der Waals surface area contributed by atoms with Crippen molar-refractivity contribution in [2.24, 2.45) is 0 Å². The lowest BCUT2D eigenvalue weighted by Crippen LogP contribution is -2.35. The number of nitrogens with one attached hydrogen (secondary N) is 1. The summed E-state index contributed by atoms with van der Waals surface area (Å²) in [5.74, 6) is 1.37. The molecule has 0 aromatic heterocycles. The molecule has 0 heterocycles. The molecule has 1 N–H and O–H groups in total. The largest absolute Gasteiger partial charge is 0.493 e. The molecule has 3 rings (SSSR count). The lowest BCUT2D eigenvalue weighted by molar-refractivity contribution is 0.0905. The molecule has 152 valence electrons. The predicted octanol–water partition coefficient (Wildman–Crippen LogP) is 4.58. The number of amides is 1. The molecular formula is C24H27NO4. The Labute approximate surface area is 171 Å². The first-order valence-corrected chi connectivity index (χ1v) is 9.78. The van der Waals surface area contributed by atoms with Gasteiger partial charge in [-0.25, -0.2) is 0 Å². The number of carbonyl (C=O) groups excluding carboxylic acids is 1. The van der Waals surface area contributed by atoms with Crippen molar-refractivity contribution in [1.29, 1.82) is 0 Å². The number of methoxy groups -OCH3 is 1. The van der Waals surface area contributed by atoms with Crippen LogP contribution in [0.15, 0.2) is 60.7 Å². The summed E-state index contributed by atoms with van der Waals surface area (Å²) < 4.78 is 16.9. The average Bonchev–Trinajstić information content (AvgIpc) is 2.73. The van der Waals surface area contributed by atoms with Crippen molar-refractivity contribution < 1.29 is 19.0 Å². The van der Waals surface area contributed by atoms with Crippen LogP contribution in [0, 0.1) is 0 Å². The first kappa shape index (κ1) is 20.7. The minimum absolute atomic E-state index is 0.0746. The third-order valence-corrected chi connectivity index (χ3v) is 4.55. The van der Waals surface area contributed by atoms with Crippen molar-refractivity contribution in [2.45, 2.75) is 26.5 Å². The van der Waals surface area contributed by atoms with E-state index in [-0.39, 0.29) is 11.9 Å². The Hall–Kier alpha value is -3.05. The second-order valence-electron chi connectivity index (χ2n) is 6.85. The minimum atomic E-state index is -0.149. The van der Waals surface area contributed by atoms with Gasteiger partial charge in [0.05, 0.1) is 13.2 Å². The summed E-state index contributed by atoms with van der Waals surface area (Å²) >= 11 is 0. The zero-order chi connectivity index (χ0) is 20.6. The van der Waals surface area contributed by atoms with Crippen molar-refractivity contribution in [3.8, 4) is 11.5 Å². The highest BCUT2D eigenvalue weighted by Crippen LogP contribution is 2.28. The number of rotatable bonds is 9. The first-order chi connectivity index (χ1) is 14.1. The molecule has 0 bridgehead atoms. The molecule has 0 fully saturated rings. The highest BCUT2D eigenvalue weighted by molar-refractivity contribution is 5.94. The van der Waals surface area contributed by atoms with E-state index in [1.165, 1.54) is 0 Å². The van der Waals surface area contributed by atoms with Crippen LogP contribution in [0.5, 0.6) is 11.5 Å². The maximum absolute atomic E-state index is 12.6. The Morgan fingerprint density at radius 1 is 1.00 bits per heavy atom. The fourth-order valence-corrected chi connectivity index (χ4v) is 3.21. The van der Waals surface area contributed by atoms with Crippen molar-refractivity contribution in [2.75, 3.05) is 20.3 Å². The average molecular weight is 393 g/mol. The molecule has 0 aliphatic heterocycles. The number of benzene rings is 3.